The van der Waals surface area contributed by atoms with Gasteiger partial charge in [0.25, 0.3) is 0 Å². The lowest BCUT2D eigenvalue weighted by atomic mass is 9.64. The number of hydrogen-bond donors (Lipinski definition) is 4. The Hall–Kier alpha value is -2.76. The Morgan fingerprint density at radius 3 is 2.46 bits per heavy atom. The molecule has 9 nitrogen and oxygen atoms in total. The van der Waals surface area contributed by atoms with E-state index in [4.69, 9.17) is 23.2 Å². The number of piperidine rings is 2. The molecule has 0 radical (unpaired) electrons. The van der Waals surface area contributed by atoms with Crippen molar-refractivity contribution in [3.8, 4) is 0 Å². The number of carbonyl (C=O) groups is 3. The van der Waals surface area contributed by atoms with Crippen LogP contribution in [0.3, 0.4) is 0 Å². The molecule has 1 aliphatic carbocycles. The van der Waals surface area contributed by atoms with Gasteiger partial charge in [-0.25, -0.2) is 4.39 Å². The van der Waals surface area contributed by atoms with Gasteiger partial charge < -0.3 is 26.0 Å². The number of nitrogens with one attached hydrogen (secondary N) is 3. The molecule has 3 fully saturated rings. The maximum absolute atomic E-state index is 14.9. The first kappa shape index (κ1) is 33.2. The average Bonchev–Trinajstić information content (AvgIpc) is 3.06. The third-order valence-corrected chi connectivity index (χ3v) is 11.3. The van der Waals surface area contributed by atoms with Crippen molar-refractivity contribution in [2.75, 3.05) is 31.5 Å². The highest BCUT2D eigenvalue weighted by Gasteiger charge is 2.45. The first-order valence-electron chi connectivity index (χ1n) is 16.4. The minimum atomic E-state index is -1.32. The Morgan fingerprint density at radius 2 is 1.74 bits per heavy atom. The summed E-state index contributed by atoms with van der Waals surface area (Å²) in [5.41, 5.74) is 0.828. The molecule has 3 amide bonds. The standard InChI is InChI=1S/C34H42Cl2FN5O4/c35-24-7-8-25(30(37)29(24)36)39-32(46)34(14-16-38-17-15-34)40-31(45)26-19-22-5-1-2-6-23(22)20-42(26)28(44)10-9-27(43)41-18-4-13-33(21-41)11-3-12-33/h1-2,5-8,26,28,38,44H,3-4,9-21H2,(H,39,46)(H,40,45)/t26-,28?/m0/s1. The number of rotatable bonds is 8. The van der Waals surface area contributed by atoms with E-state index in [-0.39, 0.29) is 52.7 Å². The van der Waals surface area contributed by atoms with Crippen LogP contribution in [0, 0.1) is 11.2 Å². The van der Waals surface area contributed by atoms with Crippen molar-refractivity contribution in [1.82, 2.24) is 20.4 Å². The molecule has 2 aromatic rings. The zero-order valence-corrected chi connectivity index (χ0v) is 27.4. The number of halogens is 3. The Balaban J connectivity index is 1.18. The molecule has 46 heavy (non-hydrogen) atoms. The monoisotopic (exact) mass is 673 g/mol. The molecule has 0 bridgehead atoms. The van der Waals surface area contributed by atoms with Gasteiger partial charge in [0.05, 0.1) is 21.8 Å². The molecule has 6 rings (SSSR count). The fraction of sp³-hybridized carbons (Fsp3) is 0.559. The van der Waals surface area contributed by atoms with Gasteiger partial charge >= 0.3 is 0 Å². The fourth-order valence-electron chi connectivity index (χ4n) is 7.63. The predicted octanol–water partition coefficient (Wildman–Crippen LogP) is 4.63. The molecule has 2 aromatic carbocycles. The zero-order valence-electron chi connectivity index (χ0n) is 25.9. The molecule has 3 aliphatic heterocycles. The van der Waals surface area contributed by atoms with Crippen LogP contribution in [0.4, 0.5) is 10.1 Å². The van der Waals surface area contributed by atoms with Gasteiger partial charge in [0, 0.05) is 26.1 Å². The van der Waals surface area contributed by atoms with E-state index in [1.165, 1.54) is 37.8 Å². The summed E-state index contributed by atoms with van der Waals surface area (Å²) in [6.45, 7) is 2.82. The van der Waals surface area contributed by atoms with Crippen molar-refractivity contribution < 1.29 is 23.9 Å². The molecule has 2 saturated heterocycles. The summed E-state index contributed by atoms with van der Waals surface area (Å²) in [5, 5.41) is 20.1. The van der Waals surface area contributed by atoms with Crippen LogP contribution in [-0.4, -0.2) is 76.6 Å². The van der Waals surface area contributed by atoms with Gasteiger partial charge in [-0.3, -0.25) is 19.3 Å². The van der Waals surface area contributed by atoms with E-state index in [2.05, 4.69) is 16.0 Å². The van der Waals surface area contributed by atoms with Gasteiger partial charge in [0.1, 0.15) is 11.8 Å². The number of benzene rings is 2. The lowest BCUT2D eigenvalue weighted by molar-refractivity contribution is -0.142. The number of anilines is 1. The predicted molar refractivity (Wildman–Crippen MR) is 175 cm³/mol. The second-order valence-electron chi connectivity index (χ2n) is 13.5. The van der Waals surface area contributed by atoms with Gasteiger partial charge in [-0.15, -0.1) is 0 Å². The third kappa shape index (κ3) is 6.78. The molecule has 12 heteroatoms. The maximum Gasteiger partial charge on any atom is 0.250 e. The summed E-state index contributed by atoms with van der Waals surface area (Å²) in [4.78, 5) is 44.9. The van der Waals surface area contributed by atoms with Crippen LogP contribution in [-0.2, 0) is 27.3 Å². The lowest BCUT2D eigenvalue weighted by Crippen LogP contribution is -2.65. The van der Waals surface area contributed by atoms with Crippen LogP contribution in [0.2, 0.25) is 10.0 Å². The minimum absolute atomic E-state index is 0.0261. The van der Waals surface area contributed by atoms with Crippen molar-refractivity contribution in [3.05, 3.63) is 63.4 Å². The summed E-state index contributed by atoms with van der Waals surface area (Å²) >= 11 is 11.9. The molecule has 0 aromatic heterocycles. The van der Waals surface area contributed by atoms with Crippen molar-refractivity contribution in [2.45, 2.75) is 88.6 Å². The summed E-state index contributed by atoms with van der Waals surface area (Å²) in [7, 11) is 0. The Bertz CT molecular complexity index is 1480. The van der Waals surface area contributed by atoms with E-state index < -0.39 is 35.4 Å². The highest BCUT2D eigenvalue weighted by atomic mass is 35.5. The SMILES string of the molecule is O=C(NC1(C(=O)Nc2ccc(Cl)c(Cl)c2F)CCNCC1)[C@@H]1Cc2ccccc2CN1C(O)CCC(=O)N1CCCC2(CCC2)C1. The van der Waals surface area contributed by atoms with Crippen LogP contribution in [0.15, 0.2) is 36.4 Å². The number of likely N-dealkylation sites (tertiary alicyclic amines) is 1. The largest absolute Gasteiger partial charge is 0.378 e. The number of nitrogens with zero attached hydrogens (tertiary/aromatic N) is 2. The highest BCUT2D eigenvalue weighted by molar-refractivity contribution is 6.42. The van der Waals surface area contributed by atoms with Crippen LogP contribution < -0.4 is 16.0 Å². The average molecular weight is 675 g/mol. The second kappa shape index (κ2) is 13.8. The van der Waals surface area contributed by atoms with Crippen molar-refractivity contribution in [2.24, 2.45) is 5.41 Å². The Kier molecular flexibility index (Phi) is 9.92. The molecule has 1 saturated carbocycles. The quantitative estimate of drug-likeness (QED) is 0.304. The molecule has 4 N–H and O–H groups in total. The first-order chi connectivity index (χ1) is 22.1. The van der Waals surface area contributed by atoms with Crippen LogP contribution in [0.1, 0.15) is 68.9 Å². The molecule has 2 atom stereocenters. The summed E-state index contributed by atoms with van der Waals surface area (Å²) in [6.07, 6.45) is 6.03. The summed E-state index contributed by atoms with van der Waals surface area (Å²) < 4.78 is 14.9. The smallest absolute Gasteiger partial charge is 0.250 e. The zero-order chi connectivity index (χ0) is 32.5. The van der Waals surface area contributed by atoms with Crippen LogP contribution in [0.5, 0.6) is 0 Å². The van der Waals surface area contributed by atoms with Gasteiger partial charge in [-0.05, 0) is 93.1 Å². The third-order valence-electron chi connectivity index (χ3n) is 10.6. The summed E-state index contributed by atoms with van der Waals surface area (Å²) in [5.74, 6) is -1.77. The molecular weight excluding hydrogens is 632 g/mol. The molecule has 1 spiro atoms. The first-order valence-corrected chi connectivity index (χ1v) is 17.1. The molecular formula is C34H42Cl2FN5O4. The van der Waals surface area contributed by atoms with Crippen LogP contribution >= 0.6 is 23.2 Å². The molecule has 4 aliphatic rings. The Morgan fingerprint density at radius 1 is 1.02 bits per heavy atom. The van der Waals surface area contributed by atoms with Gasteiger partial charge in [-0.2, -0.15) is 0 Å². The number of amides is 3. The second-order valence-corrected chi connectivity index (χ2v) is 14.2. The fourth-order valence-corrected chi connectivity index (χ4v) is 7.94. The summed E-state index contributed by atoms with van der Waals surface area (Å²) in [6, 6.07) is 9.75. The number of fused-ring (bicyclic) bond motifs is 1. The number of carbonyl (C=O) groups excluding carboxylic acids is 3. The van der Waals surface area contributed by atoms with E-state index in [0.29, 0.717) is 26.1 Å². The molecule has 3 heterocycles. The van der Waals surface area contributed by atoms with Gasteiger partial charge in [0.15, 0.2) is 5.82 Å². The Labute approximate surface area is 279 Å². The maximum atomic E-state index is 14.9. The van der Waals surface area contributed by atoms with E-state index in [1.54, 1.807) is 4.90 Å². The molecule has 1 unspecified atom stereocenters. The minimum Gasteiger partial charge on any atom is -0.378 e. The van der Waals surface area contributed by atoms with Crippen molar-refractivity contribution in [1.29, 1.82) is 0 Å². The van der Waals surface area contributed by atoms with E-state index >= 15 is 0 Å². The normalized spacial score (nSPS) is 22.8. The van der Waals surface area contributed by atoms with E-state index in [9.17, 15) is 23.9 Å². The van der Waals surface area contributed by atoms with Gasteiger partial charge in [0.2, 0.25) is 17.7 Å². The van der Waals surface area contributed by atoms with Gasteiger partial charge in [-0.1, -0.05) is 53.9 Å². The number of aliphatic hydroxyl groups excluding tert-OH is 1. The van der Waals surface area contributed by atoms with E-state index in [1.807, 2.05) is 29.2 Å². The lowest BCUT2D eigenvalue weighted by Gasteiger charge is -2.49. The number of aliphatic hydroxyl groups is 1. The van der Waals surface area contributed by atoms with E-state index in [0.717, 1.165) is 30.6 Å². The van der Waals surface area contributed by atoms with Crippen molar-refractivity contribution in [3.63, 3.8) is 0 Å². The topological polar surface area (TPSA) is 114 Å². The van der Waals surface area contributed by atoms with Crippen LogP contribution in [0.25, 0.3) is 0 Å². The molecule has 248 valence electrons. The van der Waals surface area contributed by atoms with Crippen molar-refractivity contribution >= 4 is 46.6 Å². The highest BCUT2D eigenvalue weighted by Crippen LogP contribution is 2.47. The number of hydrogen-bond acceptors (Lipinski definition) is 6.